The van der Waals surface area contributed by atoms with Crippen molar-refractivity contribution in [3.05, 3.63) is 54.6 Å². The van der Waals surface area contributed by atoms with Gasteiger partial charge in [0.25, 0.3) is 0 Å². The highest BCUT2D eigenvalue weighted by atomic mass is 28.2. The second-order valence-corrected chi connectivity index (χ2v) is 4.63. The molecule has 0 aliphatic heterocycles. The fourth-order valence-electron chi connectivity index (χ4n) is 1.39. The van der Waals surface area contributed by atoms with Crippen LogP contribution in [0.3, 0.4) is 0 Å². The van der Waals surface area contributed by atoms with E-state index in [-0.39, 0.29) is 0 Å². The summed E-state index contributed by atoms with van der Waals surface area (Å²) in [5, 5.41) is 2.66. The lowest BCUT2D eigenvalue weighted by Crippen LogP contribution is -2.26. The van der Waals surface area contributed by atoms with Crippen molar-refractivity contribution >= 4 is 19.9 Å². The van der Waals surface area contributed by atoms with Crippen LogP contribution in [-0.4, -0.2) is 16.6 Å². The Morgan fingerprint density at radius 2 is 1.60 bits per heavy atom. The predicted octanol–water partition coefficient (Wildman–Crippen LogP) is 1.35. The summed E-state index contributed by atoms with van der Waals surface area (Å²) in [5.74, 6) is 0.927. The average molecular weight is 212 g/mol. The molecule has 0 aliphatic rings. The third kappa shape index (κ3) is 2.70. The van der Waals surface area contributed by atoms with Gasteiger partial charge in [-0.3, -0.25) is 0 Å². The number of benzene rings is 2. The van der Waals surface area contributed by atoms with Gasteiger partial charge < -0.3 is 4.74 Å². The van der Waals surface area contributed by atoms with Crippen molar-refractivity contribution < 1.29 is 4.74 Å². The van der Waals surface area contributed by atoms with E-state index in [9.17, 15) is 0 Å². The number of hydrogen-bond acceptors (Lipinski definition) is 1. The molecular formula is C13H12OSi. The topological polar surface area (TPSA) is 9.23 Å². The van der Waals surface area contributed by atoms with Crippen molar-refractivity contribution in [3.8, 4) is 5.75 Å². The second kappa shape index (κ2) is 4.80. The van der Waals surface area contributed by atoms with E-state index in [1.165, 1.54) is 10.4 Å². The zero-order valence-corrected chi connectivity index (χ0v) is 9.60. The Labute approximate surface area is 92.5 Å². The second-order valence-electron chi connectivity index (χ2n) is 3.22. The highest BCUT2D eigenvalue weighted by Gasteiger charge is 1.98. The van der Waals surface area contributed by atoms with Gasteiger partial charge in [-0.1, -0.05) is 52.8 Å². The predicted molar refractivity (Wildman–Crippen MR) is 64.5 cm³/mol. The third-order valence-electron chi connectivity index (χ3n) is 2.13. The van der Waals surface area contributed by atoms with E-state index in [0.29, 0.717) is 9.52 Å². The van der Waals surface area contributed by atoms with Gasteiger partial charge in [0.2, 0.25) is 0 Å². The largest absolute Gasteiger partial charge is 0.497 e. The molecule has 2 aromatic rings. The Morgan fingerprint density at radius 3 is 2.33 bits per heavy atom. The van der Waals surface area contributed by atoms with Crippen molar-refractivity contribution in [1.82, 2.24) is 0 Å². The van der Waals surface area contributed by atoms with Crippen LogP contribution in [0.5, 0.6) is 5.75 Å². The molecule has 2 heteroatoms. The molecule has 0 saturated heterocycles. The minimum absolute atomic E-state index is 0.696. The molecule has 2 radical (unpaired) electrons. The summed E-state index contributed by atoms with van der Waals surface area (Å²) in [7, 11) is 2.40. The van der Waals surface area contributed by atoms with Crippen molar-refractivity contribution in [2.75, 3.05) is 7.11 Å². The summed E-state index contributed by atoms with van der Waals surface area (Å²) in [5.41, 5.74) is 0. The average Bonchev–Trinajstić information content (AvgIpc) is 2.31. The monoisotopic (exact) mass is 212 g/mol. The molecule has 0 aromatic heterocycles. The zero-order chi connectivity index (χ0) is 10.5. The summed E-state index contributed by atoms with van der Waals surface area (Å²) >= 11 is 0. The lowest BCUT2D eigenvalue weighted by Gasteiger charge is -2.03. The van der Waals surface area contributed by atoms with Crippen LogP contribution in [-0.2, 0) is 0 Å². The quantitative estimate of drug-likeness (QED) is 0.698. The van der Waals surface area contributed by atoms with Gasteiger partial charge in [0, 0.05) is 0 Å². The van der Waals surface area contributed by atoms with Crippen LogP contribution in [0.15, 0.2) is 54.6 Å². The number of rotatable bonds is 3. The van der Waals surface area contributed by atoms with E-state index < -0.39 is 0 Å². The molecule has 0 saturated carbocycles. The SMILES string of the molecule is COc1cccc([Si]c2ccccc2)c1. The summed E-state index contributed by atoms with van der Waals surface area (Å²) in [4.78, 5) is 0. The lowest BCUT2D eigenvalue weighted by atomic mass is 10.3. The summed E-state index contributed by atoms with van der Waals surface area (Å²) < 4.78 is 5.20. The Bertz CT molecular complexity index is 426. The Morgan fingerprint density at radius 1 is 0.867 bits per heavy atom. The van der Waals surface area contributed by atoms with E-state index in [4.69, 9.17) is 4.74 Å². The number of methoxy groups -OCH3 is 1. The molecule has 0 fully saturated rings. The van der Waals surface area contributed by atoms with Crippen LogP contribution < -0.4 is 15.1 Å². The molecule has 2 aromatic carbocycles. The van der Waals surface area contributed by atoms with Gasteiger partial charge in [-0.15, -0.1) is 0 Å². The van der Waals surface area contributed by atoms with Gasteiger partial charge in [-0.25, -0.2) is 0 Å². The normalized spacial score (nSPS) is 9.93. The Hall–Kier alpha value is -1.54. The molecule has 0 bridgehead atoms. The van der Waals surface area contributed by atoms with E-state index in [1.807, 2.05) is 18.2 Å². The fraction of sp³-hybridized carbons (Fsp3) is 0.0769. The fourth-order valence-corrected chi connectivity index (χ4v) is 2.48. The molecule has 0 aliphatic carbocycles. The van der Waals surface area contributed by atoms with Gasteiger partial charge in [-0.05, 0) is 12.1 Å². The minimum Gasteiger partial charge on any atom is -0.497 e. The highest BCUT2D eigenvalue weighted by molar-refractivity contribution is 6.67. The molecule has 15 heavy (non-hydrogen) atoms. The van der Waals surface area contributed by atoms with E-state index >= 15 is 0 Å². The van der Waals surface area contributed by atoms with Crippen molar-refractivity contribution in [3.63, 3.8) is 0 Å². The highest BCUT2D eigenvalue weighted by Crippen LogP contribution is 2.04. The van der Waals surface area contributed by atoms with Crippen LogP contribution in [0.25, 0.3) is 0 Å². The third-order valence-corrected chi connectivity index (χ3v) is 3.35. The summed E-state index contributed by atoms with van der Waals surface area (Å²) in [6.45, 7) is 0. The molecule has 0 spiro atoms. The van der Waals surface area contributed by atoms with Crippen LogP contribution in [0.4, 0.5) is 0 Å². The van der Waals surface area contributed by atoms with Gasteiger partial charge in [0.15, 0.2) is 0 Å². The molecule has 2 rings (SSSR count). The maximum absolute atomic E-state index is 5.20. The van der Waals surface area contributed by atoms with Gasteiger partial charge in [0.1, 0.15) is 15.3 Å². The molecule has 0 heterocycles. The minimum atomic E-state index is 0.696. The van der Waals surface area contributed by atoms with Crippen LogP contribution in [0, 0.1) is 0 Å². The van der Waals surface area contributed by atoms with Crippen molar-refractivity contribution in [2.45, 2.75) is 0 Å². The first-order chi connectivity index (χ1) is 7.38. The van der Waals surface area contributed by atoms with Gasteiger partial charge in [-0.2, -0.15) is 0 Å². The van der Waals surface area contributed by atoms with E-state index in [0.717, 1.165) is 5.75 Å². The first kappa shape index (κ1) is 9.99. The molecule has 1 nitrogen and oxygen atoms in total. The smallest absolute Gasteiger partial charge is 0.121 e. The molecule has 74 valence electrons. The van der Waals surface area contributed by atoms with E-state index in [1.54, 1.807) is 7.11 Å². The maximum Gasteiger partial charge on any atom is 0.121 e. The molecule has 0 unspecified atom stereocenters. The van der Waals surface area contributed by atoms with Crippen molar-refractivity contribution in [2.24, 2.45) is 0 Å². The first-order valence-corrected chi connectivity index (χ1v) is 5.84. The zero-order valence-electron chi connectivity index (χ0n) is 8.60. The van der Waals surface area contributed by atoms with Crippen molar-refractivity contribution in [1.29, 1.82) is 0 Å². The number of ether oxygens (including phenoxy) is 1. The van der Waals surface area contributed by atoms with Crippen LogP contribution >= 0.6 is 0 Å². The summed E-state index contributed by atoms with van der Waals surface area (Å²) in [6.07, 6.45) is 0. The van der Waals surface area contributed by atoms with Crippen LogP contribution in [0.2, 0.25) is 0 Å². The number of hydrogen-bond donors (Lipinski definition) is 0. The van der Waals surface area contributed by atoms with Gasteiger partial charge >= 0.3 is 0 Å². The van der Waals surface area contributed by atoms with E-state index in [2.05, 4.69) is 36.4 Å². The maximum atomic E-state index is 5.20. The Kier molecular flexibility index (Phi) is 3.20. The molecule has 0 atom stereocenters. The summed E-state index contributed by atoms with van der Waals surface area (Å²) in [6, 6.07) is 18.7. The van der Waals surface area contributed by atoms with Gasteiger partial charge in [0.05, 0.1) is 7.11 Å². The first-order valence-electron chi connectivity index (χ1n) is 4.84. The molecule has 0 amide bonds. The standard InChI is InChI=1S/C13H12OSi/c1-14-11-6-5-9-13(10-11)15-12-7-3-2-4-8-12/h2-10H,1H3. The molecule has 0 N–H and O–H groups in total. The molecular weight excluding hydrogens is 200 g/mol. The van der Waals surface area contributed by atoms with Crippen LogP contribution in [0.1, 0.15) is 0 Å². The lowest BCUT2D eigenvalue weighted by molar-refractivity contribution is 0.415. The Balaban J connectivity index is 2.17.